The van der Waals surface area contributed by atoms with Crippen molar-refractivity contribution >= 4 is 53.2 Å². The molecule has 0 fully saturated rings. The van der Waals surface area contributed by atoms with Crippen LogP contribution in [0.2, 0.25) is 0 Å². The van der Waals surface area contributed by atoms with Gasteiger partial charge in [-0.1, -0.05) is 48.5 Å². The Bertz CT molecular complexity index is 2360. The van der Waals surface area contributed by atoms with Gasteiger partial charge in [0.15, 0.2) is 5.36 Å². The first-order valence-electron chi connectivity index (χ1n) is 12.0. The monoisotopic (exact) mass is 631 g/mol. The number of hydrogen-bond acceptors (Lipinski definition) is 11. The fourth-order valence-electron chi connectivity index (χ4n) is 4.40. The second-order valence-corrected chi connectivity index (χ2v) is 11.7. The van der Waals surface area contributed by atoms with Gasteiger partial charge in [-0.15, -0.1) is 0 Å². The summed E-state index contributed by atoms with van der Waals surface area (Å²) in [5.74, 6) is 0. The fourth-order valence-corrected chi connectivity index (χ4v) is 5.79. The van der Waals surface area contributed by atoms with E-state index in [1.807, 2.05) is 0 Å². The third kappa shape index (κ3) is 6.43. The van der Waals surface area contributed by atoms with E-state index in [0.717, 1.165) is 18.2 Å². The van der Waals surface area contributed by atoms with Crippen molar-refractivity contribution in [1.29, 1.82) is 0 Å². The molecule has 0 aliphatic carbocycles. The van der Waals surface area contributed by atoms with Gasteiger partial charge in [0.1, 0.15) is 15.1 Å². The molecule has 0 unspecified atom stereocenters. The average molecular weight is 632 g/mol. The molecule has 0 aromatic heterocycles. The van der Waals surface area contributed by atoms with E-state index in [4.69, 9.17) is 0 Å². The number of nitrogens with one attached hydrogen (secondary N) is 2. The Morgan fingerprint density at radius 2 is 1.07 bits per heavy atom. The third-order valence-electron chi connectivity index (χ3n) is 6.34. The number of hydrogen-bond donors (Lipinski definition) is 5. The minimum Gasteiger partial charge on any atom is -0.392 e. The molecule has 0 radical (unpaired) electrons. The van der Waals surface area contributed by atoms with Crippen LogP contribution in [0.3, 0.4) is 0 Å². The Hall–Kier alpha value is -3.80. The van der Waals surface area contributed by atoms with Crippen molar-refractivity contribution in [2.24, 2.45) is 10.2 Å². The molecule has 5 rings (SSSR count). The fraction of sp³-hybridized carbons (Fsp3) is 0.0370. The molecule has 0 atom stereocenters. The molecule has 0 heterocycles. The van der Waals surface area contributed by atoms with Crippen LogP contribution in [-0.4, -0.2) is 31.0 Å². The number of aliphatic hydroxyl groups is 1. The zero-order valence-electron chi connectivity index (χ0n) is 22.2. The van der Waals surface area contributed by atoms with E-state index in [-0.39, 0.29) is 72.4 Å². The van der Waals surface area contributed by atoms with Crippen molar-refractivity contribution in [3.8, 4) is 0 Å². The molecular formula is C27H20N4NaO9S2+. The molecule has 0 bridgehead atoms. The summed E-state index contributed by atoms with van der Waals surface area (Å²) in [7, 11) is -9.07. The molecule has 214 valence electrons. The topological polar surface area (TPSA) is 212 Å². The number of aliphatic hydroxyl groups excluding tert-OH is 1. The minimum absolute atomic E-state index is 0. The van der Waals surface area contributed by atoms with Crippen LogP contribution in [0.5, 0.6) is 0 Å². The van der Waals surface area contributed by atoms with Crippen LogP contribution < -0.4 is 62.0 Å². The van der Waals surface area contributed by atoms with Crippen molar-refractivity contribution in [2.75, 3.05) is 10.9 Å². The molecular weight excluding hydrogens is 611 g/mol. The van der Waals surface area contributed by atoms with Crippen LogP contribution in [0.1, 0.15) is 5.56 Å². The number of anilines is 2. The molecule has 0 saturated heterocycles. The zero-order valence-corrected chi connectivity index (χ0v) is 25.8. The first-order chi connectivity index (χ1) is 19.9. The van der Waals surface area contributed by atoms with Gasteiger partial charge in [0, 0.05) is 27.1 Å². The Labute approximate surface area is 265 Å². The van der Waals surface area contributed by atoms with Gasteiger partial charge in [-0.05, 0) is 30.3 Å². The van der Waals surface area contributed by atoms with Crippen LogP contribution in [-0.2, 0) is 26.8 Å². The second-order valence-electron chi connectivity index (χ2n) is 8.93. The first-order valence-corrected chi connectivity index (χ1v) is 14.8. The molecule has 5 aromatic rings. The largest absolute Gasteiger partial charge is 1.00 e. The van der Waals surface area contributed by atoms with Gasteiger partial charge in [0.05, 0.1) is 18.0 Å². The van der Waals surface area contributed by atoms with Crippen molar-refractivity contribution in [1.82, 2.24) is 0 Å². The van der Waals surface area contributed by atoms with Gasteiger partial charge < -0.3 is 5.11 Å². The Morgan fingerprint density at radius 3 is 1.51 bits per heavy atom. The maximum Gasteiger partial charge on any atom is 1.00 e. The number of nitrogens with zero attached hydrogens (tertiary/aromatic N) is 2. The van der Waals surface area contributed by atoms with Gasteiger partial charge in [0.25, 0.3) is 20.2 Å². The summed E-state index contributed by atoms with van der Waals surface area (Å²) in [6.45, 7) is -0.734. The first kappa shape index (κ1) is 32.1. The standard InChI is InChI=1S/C27H20N4O9S2.Na/c32-14-15-13-22(30-28-20-9-11-23(41(35,36)37)18-7-3-1-5-16(18)20)27(34)25(26(15)33)31-29-21-10-12-24(42(38,39)40)19-8-4-2-6-17(19)21;/h1-13,28-29,32H,14H2,(H,35,36,37)(H,38,39,40);/q;+1/b30-22-,31-25-;. The summed E-state index contributed by atoms with van der Waals surface area (Å²) < 4.78 is 66.2. The summed E-state index contributed by atoms with van der Waals surface area (Å²) in [5.41, 5.74) is 3.78. The van der Waals surface area contributed by atoms with Gasteiger partial charge in [-0.25, -0.2) is 0 Å². The van der Waals surface area contributed by atoms with E-state index in [1.54, 1.807) is 36.4 Å². The summed E-state index contributed by atoms with van der Waals surface area (Å²) >= 11 is 0. The molecule has 0 aliphatic rings. The smallest absolute Gasteiger partial charge is 0.392 e. The van der Waals surface area contributed by atoms with Gasteiger partial charge in [0.2, 0.25) is 10.9 Å². The normalized spacial score (nSPS) is 12.8. The number of fused-ring (bicyclic) bond motifs is 2. The minimum atomic E-state index is -4.54. The van der Waals surface area contributed by atoms with E-state index in [9.17, 15) is 40.6 Å². The van der Waals surface area contributed by atoms with Crippen molar-refractivity contribution in [3.63, 3.8) is 0 Å². The van der Waals surface area contributed by atoms with Gasteiger partial charge in [-0.2, -0.15) is 27.0 Å². The van der Waals surface area contributed by atoms with Crippen LogP contribution in [0, 0.1) is 0 Å². The molecule has 43 heavy (non-hydrogen) atoms. The van der Waals surface area contributed by atoms with Crippen LogP contribution >= 0.6 is 0 Å². The van der Waals surface area contributed by atoms with E-state index >= 15 is 0 Å². The molecule has 16 heteroatoms. The molecule has 5 N–H and O–H groups in total. The summed E-state index contributed by atoms with van der Waals surface area (Å²) in [4.78, 5) is 25.4. The maximum atomic E-state index is 13.2. The van der Waals surface area contributed by atoms with E-state index in [1.165, 1.54) is 24.3 Å². The number of rotatable bonds is 7. The molecule has 0 aliphatic heterocycles. The predicted octanol–water partition coefficient (Wildman–Crippen LogP) is -1.57. The molecule has 13 nitrogen and oxygen atoms in total. The van der Waals surface area contributed by atoms with Crippen LogP contribution in [0.4, 0.5) is 11.4 Å². The Morgan fingerprint density at radius 1 is 0.628 bits per heavy atom. The zero-order chi connectivity index (χ0) is 30.2. The maximum absolute atomic E-state index is 13.2. The molecule has 0 saturated carbocycles. The summed E-state index contributed by atoms with van der Waals surface area (Å²) in [6.07, 6.45) is 0. The second kappa shape index (κ2) is 12.4. The average Bonchev–Trinajstić information content (AvgIpc) is 2.95. The van der Waals surface area contributed by atoms with Crippen molar-refractivity contribution < 1.29 is 60.6 Å². The SMILES string of the molecule is O=c1c(CO)c/c(=N/Nc2ccc(S(=O)(=O)O)c3ccccc23)c(=O)/c1=N\Nc1ccc(S(=O)(=O)O)c2ccccc12.[Na+]. The quantitative estimate of drug-likeness (QED) is 0.0787. The molecule has 0 amide bonds. The predicted molar refractivity (Wildman–Crippen MR) is 153 cm³/mol. The Kier molecular flexibility index (Phi) is 9.29. The van der Waals surface area contributed by atoms with Crippen molar-refractivity contribution in [3.05, 3.63) is 116 Å². The van der Waals surface area contributed by atoms with Crippen molar-refractivity contribution in [2.45, 2.75) is 16.4 Å². The van der Waals surface area contributed by atoms with Crippen LogP contribution in [0.15, 0.2) is 108 Å². The molecule has 5 aromatic carbocycles. The summed E-state index contributed by atoms with van der Waals surface area (Å²) in [5, 5.41) is 17.9. The Balaban J connectivity index is 0.00000423. The van der Waals surface area contributed by atoms with Crippen LogP contribution in [0.25, 0.3) is 21.5 Å². The summed E-state index contributed by atoms with van der Waals surface area (Å²) in [6, 6.07) is 18.5. The van der Waals surface area contributed by atoms with Gasteiger partial charge in [-0.3, -0.25) is 29.5 Å². The van der Waals surface area contributed by atoms with E-state index in [2.05, 4.69) is 21.1 Å². The third-order valence-corrected chi connectivity index (χ3v) is 8.17. The van der Waals surface area contributed by atoms with Gasteiger partial charge >= 0.3 is 29.6 Å². The number of benzene rings is 5. The van der Waals surface area contributed by atoms with E-state index in [0.29, 0.717) is 10.8 Å². The van der Waals surface area contributed by atoms with E-state index < -0.39 is 43.1 Å². The molecule has 0 spiro atoms.